The summed E-state index contributed by atoms with van der Waals surface area (Å²) in [6.45, 7) is 2.33. The van der Waals surface area contributed by atoms with E-state index in [0.717, 1.165) is 16.7 Å². The maximum absolute atomic E-state index is 12.2. The van der Waals surface area contributed by atoms with Crippen molar-refractivity contribution in [3.05, 3.63) is 64.7 Å². The molecular weight excluding hydrogens is 372 g/mol. The summed E-state index contributed by atoms with van der Waals surface area (Å²) in [4.78, 5) is 37.1. The Bertz CT molecular complexity index is 1240. The largest absolute Gasteiger partial charge is 0.493 e. The van der Waals surface area contributed by atoms with Gasteiger partial charge in [0.25, 0.3) is 5.56 Å². The number of fused-ring (bicyclic) bond motifs is 1. The number of carboxylic acids is 1. The molecule has 3 N–H and O–H groups in total. The average molecular weight is 390 g/mol. The molecule has 0 radical (unpaired) electrons. The zero-order valence-corrected chi connectivity index (χ0v) is 15.6. The van der Waals surface area contributed by atoms with Crippen LogP contribution in [0.15, 0.2) is 53.6 Å². The highest BCUT2D eigenvalue weighted by atomic mass is 16.5. The number of nitrogens with one attached hydrogen (secondary N) is 2. The summed E-state index contributed by atoms with van der Waals surface area (Å²) in [6.07, 6.45) is 1.41. The van der Waals surface area contributed by atoms with E-state index in [9.17, 15) is 9.59 Å². The normalized spacial score (nSPS) is 10.9. The number of aromatic amines is 2. The van der Waals surface area contributed by atoms with E-state index >= 15 is 0 Å². The van der Waals surface area contributed by atoms with Gasteiger partial charge in [-0.05, 0) is 35.7 Å². The zero-order valence-electron chi connectivity index (χ0n) is 15.6. The topological polar surface area (TPSA) is 121 Å². The number of nitrogens with zero attached hydrogens (tertiary/aromatic N) is 2. The Morgan fingerprint density at radius 2 is 1.90 bits per heavy atom. The Morgan fingerprint density at radius 1 is 1.14 bits per heavy atom. The lowest BCUT2D eigenvalue weighted by Gasteiger charge is -2.12. The van der Waals surface area contributed by atoms with Gasteiger partial charge in [-0.15, -0.1) is 0 Å². The number of carboxylic acid groups (broad SMARTS) is 1. The molecule has 0 saturated heterocycles. The molecule has 0 unspecified atom stereocenters. The fourth-order valence-electron chi connectivity index (χ4n) is 3.14. The van der Waals surface area contributed by atoms with Crippen LogP contribution in [0.2, 0.25) is 0 Å². The number of carbonyl (C=O) groups is 1. The van der Waals surface area contributed by atoms with E-state index in [1.165, 1.54) is 6.33 Å². The maximum Gasteiger partial charge on any atom is 0.307 e. The third kappa shape index (κ3) is 3.73. The van der Waals surface area contributed by atoms with Crippen molar-refractivity contribution in [2.75, 3.05) is 6.61 Å². The SMILES string of the molecule is CCOc1cc(-c2ccc(CC(=O)O)cc2)ccc1-c1nc2[nH]cnc2c(=O)[nH]1. The van der Waals surface area contributed by atoms with Crippen molar-refractivity contribution in [2.24, 2.45) is 0 Å². The monoisotopic (exact) mass is 390 g/mol. The lowest BCUT2D eigenvalue weighted by Crippen LogP contribution is -2.10. The van der Waals surface area contributed by atoms with E-state index < -0.39 is 5.97 Å². The molecule has 4 aromatic rings. The van der Waals surface area contributed by atoms with Crippen molar-refractivity contribution in [1.29, 1.82) is 0 Å². The summed E-state index contributed by atoms with van der Waals surface area (Å²) < 4.78 is 5.80. The van der Waals surface area contributed by atoms with Gasteiger partial charge in [-0.1, -0.05) is 30.3 Å². The van der Waals surface area contributed by atoms with Gasteiger partial charge in [0.2, 0.25) is 0 Å². The standard InChI is InChI=1S/C21H18N4O4/c1-2-29-16-10-14(13-5-3-12(4-6-13)9-17(26)27)7-8-15(16)19-24-20-18(21(28)25-19)22-11-23-20/h3-8,10-11H,2,9H2,1H3,(H,26,27)(H2,22,23,24,25,28). The first-order chi connectivity index (χ1) is 14.0. The van der Waals surface area contributed by atoms with Crippen molar-refractivity contribution >= 4 is 17.1 Å². The van der Waals surface area contributed by atoms with Crippen molar-refractivity contribution in [3.63, 3.8) is 0 Å². The molecule has 2 heterocycles. The van der Waals surface area contributed by atoms with Crippen LogP contribution in [0, 0.1) is 0 Å². The van der Waals surface area contributed by atoms with E-state index in [-0.39, 0.29) is 17.5 Å². The molecule has 4 rings (SSSR count). The number of rotatable bonds is 6. The Hall–Kier alpha value is -3.94. The summed E-state index contributed by atoms with van der Waals surface area (Å²) >= 11 is 0. The second-order valence-corrected chi connectivity index (χ2v) is 6.43. The smallest absolute Gasteiger partial charge is 0.307 e. The second-order valence-electron chi connectivity index (χ2n) is 6.43. The summed E-state index contributed by atoms with van der Waals surface area (Å²) in [5.41, 5.74) is 3.56. The molecule has 8 nitrogen and oxygen atoms in total. The molecule has 146 valence electrons. The molecule has 0 atom stereocenters. The Labute approximate surface area is 165 Å². The number of hydrogen-bond donors (Lipinski definition) is 3. The van der Waals surface area contributed by atoms with Gasteiger partial charge in [-0.25, -0.2) is 9.97 Å². The van der Waals surface area contributed by atoms with Gasteiger partial charge in [0.15, 0.2) is 11.2 Å². The molecular formula is C21H18N4O4. The molecule has 8 heteroatoms. The zero-order chi connectivity index (χ0) is 20.4. The Balaban J connectivity index is 1.74. The van der Waals surface area contributed by atoms with Crippen LogP contribution in [-0.4, -0.2) is 37.6 Å². The third-order valence-corrected chi connectivity index (χ3v) is 4.47. The maximum atomic E-state index is 12.2. The number of ether oxygens (including phenoxy) is 1. The fourth-order valence-corrected chi connectivity index (χ4v) is 3.14. The minimum absolute atomic E-state index is 0.0154. The first kappa shape index (κ1) is 18.4. The number of hydrogen-bond acceptors (Lipinski definition) is 5. The van der Waals surface area contributed by atoms with Crippen molar-refractivity contribution in [2.45, 2.75) is 13.3 Å². The van der Waals surface area contributed by atoms with E-state index in [1.807, 2.05) is 37.3 Å². The number of aliphatic carboxylic acids is 1. The van der Waals surface area contributed by atoms with Crippen molar-refractivity contribution < 1.29 is 14.6 Å². The minimum Gasteiger partial charge on any atom is -0.493 e. The molecule has 0 bridgehead atoms. The molecule has 2 aromatic carbocycles. The summed E-state index contributed by atoms with van der Waals surface area (Å²) in [5, 5.41) is 8.91. The van der Waals surface area contributed by atoms with Crippen LogP contribution in [0.3, 0.4) is 0 Å². The predicted molar refractivity (Wildman–Crippen MR) is 108 cm³/mol. The Morgan fingerprint density at radius 3 is 2.62 bits per heavy atom. The lowest BCUT2D eigenvalue weighted by atomic mass is 10.0. The molecule has 0 saturated carbocycles. The van der Waals surface area contributed by atoms with E-state index in [1.54, 1.807) is 12.1 Å². The Kier molecular flexibility index (Phi) is 4.82. The lowest BCUT2D eigenvalue weighted by molar-refractivity contribution is -0.136. The van der Waals surface area contributed by atoms with Gasteiger partial charge in [-0.2, -0.15) is 0 Å². The number of imidazole rings is 1. The van der Waals surface area contributed by atoms with Crippen LogP contribution in [0.5, 0.6) is 5.75 Å². The highest BCUT2D eigenvalue weighted by Crippen LogP contribution is 2.33. The van der Waals surface area contributed by atoms with Gasteiger partial charge < -0.3 is 19.8 Å². The van der Waals surface area contributed by atoms with E-state index in [4.69, 9.17) is 9.84 Å². The van der Waals surface area contributed by atoms with Gasteiger partial charge in [0.1, 0.15) is 11.6 Å². The van der Waals surface area contributed by atoms with Crippen LogP contribution in [0.25, 0.3) is 33.7 Å². The molecule has 0 aliphatic heterocycles. The third-order valence-electron chi connectivity index (χ3n) is 4.47. The van der Waals surface area contributed by atoms with Crippen LogP contribution in [0.4, 0.5) is 0 Å². The molecule has 0 aliphatic rings. The summed E-state index contributed by atoms with van der Waals surface area (Å²) in [7, 11) is 0. The second kappa shape index (κ2) is 7.59. The number of H-pyrrole nitrogens is 2. The molecule has 0 fully saturated rings. The van der Waals surface area contributed by atoms with Crippen LogP contribution in [-0.2, 0) is 11.2 Å². The first-order valence-electron chi connectivity index (χ1n) is 9.07. The van der Waals surface area contributed by atoms with Gasteiger partial charge in [-0.3, -0.25) is 9.59 Å². The summed E-state index contributed by atoms with van der Waals surface area (Å²) in [5.74, 6) is 0.108. The molecule has 29 heavy (non-hydrogen) atoms. The summed E-state index contributed by atoms with van der Waals surface area (Å²) in [6, 6.07) is 13.0. The minimum atomic E-state index is -0.864. The highest BCUT2D eigenvalue weighted by molar-refractivity contribution is 5.77. The van der Waals surface area contributed by atoms with Crippen LogP contribution >= 0.6 is 0 Å². The van der Waals surface area contributed by atoms with Crippen molar-refractivity contribution in [1.82, 2.24) is 19.9 Å². The van der Waals surface area contributed by atoms with Gasteiger partial charge in [0.05, 0.1) is 24.9 Å². The van der Waals surface area contributed by atoms with Crippen LogP contribution < -0.4 is 10.3 Å². The fraction of sp³-hybridized carbons (Fsp3) is 0.143. The van der Waals surface area contributed by atoms with E-state index in [2.05, 4.69) is 19.9 Å². The molecule has 0 spiro atoms. The highest BCUT2D eigenvalue weighted by Gasteiger charge is 2.14. The van der Waals surface area contributed by atoms with Crippen LogP contribution in [0.1, 0.15) is 12.5 Å². The number of benzene rings is 2. The quantitative estimate of drug-likeness (QED) is 0.465. The van der Waals surface area contributed by atoms with Crippen molar-refractivity contribution in [3.8, 4) is 28.3 Å². The average Bonchev–Trinajstić information content (AvgIpc) is 3.18. The first-order valence-corrected chi connectivity index (χ1v) is 9.07. The van der Waals surface area contributed by atoms with Gasteiger partial charge >= 0.3 is 5.97 Å². The molecule has 0 aliphatic carbocycles. The molecule has 2 aromatic heterocycles. The number of aromatic nitrogens is 4. The van der Waals surface area contributed by atoms with E-state index in [0.29, 0.717) is 29.4 Å². The van der Waals surface area contributed by atoms with Gasteiger partial charge in [0, 0.05) is 0 Å². The molecule has 0 amide bonds. The predicted octanol–water partition coefficient (Wildman–Crippen LogP) is 3.01.